The summed E-state index contributed by atoms with van der Waals surface area (Å²) in [6.07, 6.45) is 0. The van der Waals surface area contributed by atoms with Gasteiger partial charge in [0.25, 0.3) is 0 Å². The van der Waals surface area contributed by atoms with E-state index in [1.54, 1.807) is 7.05 Å². The Morgan fingerprint density at radius 1 is 1.27 bits per heavy atom. The van der Waals surface area contributed by atoms with Gasteiger partial charge in [0.2, 0.25) is 11.8 Å². The number of carbonyl (C=O) groups is 2. The maximum Gasteiger partial charge on any atom is 0.239 e. The summed E-state index contributed by atoms with van der Waals surface area (Å²) in [5.41, 5.74) is 0. The molecule has 1 unspecified atom stereocenters. The summed E-state index contributed by atoms with van der Waals surface area (Å²) in [5.74, 6) is -0.0423. The van der Waals surface area contributed by atoms with Crippen molar-refractivity contribution in [1.82, 2.24) is 16.0 Å². The summed E-state index contributed by atoms with van der Waals surface area (Å²) < 4.78 is 0. The Morgan fingerprint density at radius 2 is 1.80 bits per heavy atom. The van der Waals surface area contributed by atoms with Crippen LogP contribution >= 0.6 is 12.6 Å². The number of amides is 2. The van der Waals surface area contributed by atoms with Gasteiger partial charge in [0.05, 0.1) is 12.6 Å². The molecule has 15 heavy (non-hydrogen) atoms. The molecule has 0 aromatic heterocycles. The SMILES string of the molecule is CC.CNC(=O)CNC(=O)C(CS)NC. The molecule has 6 heteroatoms. The quantitative estimate of drug-likeness (QED) is 0.481. The van der Waals surface area contributed by atoms with Crippen LogP contribution in [0.4, 0.5) is 0 Å². The molecule has 0 rings (SSSR count). The lowest BCUT2D eigenvalue weighted by molar-refractivity contribution is -0.126. The molecular weight excluding hydrogens is 214 g/mol. The van der Waals surface area contributed by atoms with Crippen molar-refractivity contribution in [3.8, 4) is 0 Å². The van der Waals surface area contributed by atoms with E-state index in [1.807, 2.05) is 13.8 Å². The van der Waals surface area contributed by atoms with E-state index < -0.39 is 0 Å². The molecule has 0 radical (unpaired) electrons. The second-order valence-electron chi connectivity index (χ2n) is 2.41. The van der Waals surface area contributed by atoms with Crippen molar-refractivity contribution in [1.29, 1.82) is 0 Å². The molecule has 0 aliphatic carbocycles. The average molecular weight is 235 g/mol. The summed E-state index contributed by atoms with van der Waals surface area (Å²) >= 11 is 3.98. The Bertz CT molecular complexity index is 184. The molecule has 2 amide bonds. The van der Waals surface area contributed by atoms with Crippen molar-refractivity contribution in [2.75, 3.05) is 26.4 Å². The fraction of sp³-hybridized carbons (Fsp3) is 0.778. The van der Waals surface area contributed by atoms with Crippen LogP contribution in [0, 0.1) is 0 Å². The summed E-state index contributed by atoms with van der Waals surface area (Å²) in [5, 5.41) is 7.65. The van der Waals surface area contributed by atoms with Crippen LogP contribution in [0.5, 0.6) is 0 Å². The van der Waals surface area contributed by atoms with Crippen LogP contribution in [0.2, 0.25) is 0 Å². The van der Waals surface area contributed by atoms with Crippen molar-refractivity contribution < 1.29 is 9.59 Å². The van der Waals surface area contributed by atoms with E-state index >= 15 is 0 Å². The first-order valence-electron chi connectivity index (χ1n) is 4.92. The number of thiol groups is 1. The van der Waals surface area contributed by atoms with E-state index in [-0.39, 0.29) is 24.4 Å². The molecule has 0 saturated carbocycles. The predicted molar refractivity (Wildman–Crippen MR) is 65.1 cm³/mol. The number of hydrogen-bond donors (Lipinski definition) is 4. The fourth-order valence-corrected chi connectivity index (χ4v) is 1.03. The highest BCUT2D eigenvalue weighted by Crippen LogP contribution is 1.86. The van der Waals surface area contributed by atoms with E-state index in [2.05, 4.69) is 28.6 Å². The largest absolute Gasteiger partial charge is 0.358 e. The molecule has 0 saturated heterocycles. The Balaban J connectivity index is 0. The van der Waals surface area contributed by atoms with Crippen molar-refractivity contribution in [2.45, 2.75) is 19.9 Å². The zero-order valence-electron chi connectivity index (χ0n) is 9.76. The van der Waals surface area contributed by atoms with Gasteiger partial charge >= 0.3 is 0 Å². The van der Waals surface area contributed by atoms with Gasteiger partial charge < -0.3 is 16.0 Å². The third-order valence-corrected chi connectivity index (χ3v) is 1.91. The minimum absolute atomic E-state index is 0.00128. The van der Waals surface area contributed by atoms with Crippen molar-refractivity contribution in [2.24, 2.45) is 0 Å². The lowest BCUT2D eigenvalue weighted by Gasteiger charge is -2.12. The summed E-state index contributed by atoms with van der Waals surface area (Å²) in [6.45, 7) is 4.00. The standard InChI is InChI=1S/C7H15N3O2S.C2H6/c1-8-5(4-13)7(12)10-3-6(11)9-2;1-2/h5,8,13H,3-4H2,1-2H3,(H,9,11)(H,10,12);1-2H3. The van der Waals surface area contributed by atoms with Gasteiger partial charge in [-0.15, -0.1) is 0 Å². The molecule has 0 spiro atoms. The smallest absolute Gasteiger partial charge is 0.239 e. The molecule has 0 fully saturated rings. The molecule has 1 atom stereocenters. The normalized spacial score (nSPS) is 10.7. The Labute approximate surface area is 96.8 Å². The molecule has 5 nitrogen and oxygen atoms in total. The minimum atomic E-state index is -0.354. The molecular formula is C9H21N3O2S. The molecule has 0 aliphatic rings. The van der Waals surface area contributed by atoms with Crippen LogP contribution in [0.15, 0.2) is 0 Å². The highest BCUT2D eigenvalue weighted by Gasteiger charge is 2.14. The highest BCUT2D eigenvalue weighted by molar-refractivity contribution is 7.80. The second kappa shape index (κ2) is 11.3. The summed E-state index contributed by atoms with van der Waals surface area (Å²) in [4.78, 5) is 22.0. The van der Waals surface area contributed by atoms with Crippen LogP contribution in [-0.4, -0.2) is 44.2 Å². The lowest BCUT2D eigenvalue weighted by Crippen LogP contribution is -2.46. The summed E-state index contributed by atoms with van der Waals surface area (Å²) in [7, 11) is 3.18. The first-order valence-corrected chi connectivity index (χ1v) is 5.55. The van der Waals surface area contributed by atoms with Gasteiger partial charge in [0.1, 0.15) is 0 Å². The summed E-state index contributed by atoms with van der Waals surface area (Å²) in [6, 6.07) is -0.354. The predicted octanol–water partition coefficient (Wildman–Crippen LogP) is -0.607. The number of likely N-dealkylation sites (N-methyl/N-ethyl adjacent to an activating group) is 2. The van der Waals surface area contributed by atoms with Gasteiger partial charge in [-0.1, -0.05) is 13.8 Å². The van der Waals surface area contributed by atoms with Gasteiger partial charge in [-0.3, -0.25) is 9.59 Å². The zero-order valence-corrected chi connectivity index (χ0v) is 10.6. The van der Waals surface area contributed by atoms with Crippen LogP contribution in [0.1, 0.15) is 13.8 Å². The molecule has 0 aliphatic heterocycles. The topological polar surface area (TPSA) is 70.2 Å². The van der Waals surface area contributed by atoms with E-state index in [4.69, 9.17) is 0 Å². The van der Waals surface area contributed by atoms with Crippen LogP contribution < -0.4 is 16.0 Å². The van der Waals surface area contributed by atoms with Gasteiger partial charge in [0, 0.05) is 12.8 Å². The Kier molecular flexibility index (Phi) is 12.6. The molecule has 0 aromatic rings. The average Bonchev–Trinajstić information content (AvgIpc) is 2.30. The lowest BCUT2D eigenvalue weighted by atomic mass is 10.3. The van der Waals surface area contributed by atoms with Crippen molar-refractivity contribution in [3.63, 3.8) is 0 Å². The molecule has 90 valence electrons. The van der Waals surface area contributed by atoms with Gasteiger partial charge in [-0.05, 0) is 7.05 Å². The second-order valence-corrected chi connectivity index (χ2v) is 2.78. The Morgan fingerprint density at radius 3 is 2.13 bits per heavy atom. The number of nitrogens with one attached hydrogen (secondary N) is 3. The van der Waals surface area contributed by atoms with E-state index in [9.17, 15) is 9.59 Å². The van der Waals surface area contributed by atoms with Gasteiger partial charge in [-0.2, -0.15) is 12.6 Å². The maximum atomic E-state index is 11.2. The fourth-order valence-electron chi connectivity index (χ4n) is 0.684. The molecule has 0 aromatic carbocycles. The Hall–Kier alpha value is -0.750. The third-order valence-electron chi connectivity index (χ3n) is 1.55. The molecule has 0 heterocycles. The van der Waals surface area contributed by atoms with Crippen LogP contribution in [0.25, 0.3) is 0 Å². The highest BCUT2D eigenvalue weighted by atomic mass is 32.1. The first-order chi connectivity index (χ1) is 7.15. The van der Waals surface area contributed by atoms with Gasteiger partial charge in [-0.25, -0.2) is 0 Å². The van der Waals surface area contributed by atoms with Crippen molar-refractivity contribution in [3.05, 3.63) is 0 Å². The molecule has 0 bridgehead atoms. The third kappa shape index (κ3) is 8.26. The van der Waals surface area contributed by atoms with E-state index in [0.29, 0.717) is 5.75 Å². The number of hydrogen-bond acceptors (Lipinski definition) is 4. The molecule has 3 N–H and O–H groups in total. The van der Waals surface area contributed by atoms with E-state index in [1.165, 1.54) is 7.05 Å². The number of carbonyl (C=O) groups excluding carboxylic acids is 2. The minimum Gasteiger partial charge on any atom is -0.358 e. The van der Waals surface area contributed by atoms with E-state index in [0.717, 1.165) is 0 Å². The zero-order chi connectivity index (χ0) is 12.3. The maximum absolute atomic E-state index is 11.2. The van der Waals surface area contributed by atoms with Gasteiger partial charge in [0.15, 0.2) is 0 Å². The van der Waals surface area contributed by atoms with Crippen LogP contribution in [0.3, 0.4) is 0 Å². The first kappa shape index (κ1) is 16.7. The van der Waals surface area contributed by atoms with Crippen molar-refractivity contribution >= 4 is 24.4 Å². The van der Waals surface area contributed by atoms with Crippen LogP contribution in [-0.2, 0) is 9.59 Å². The monoisotopic (exact) mass is 235 g/mol. The number of rotatable bonds is 5.